The summed E-state index contributed by atoms with van der Waals surface area (Å²) in [5.41, 5.74) is -0.775. The van der Waals surface area contributed by atoms with E-state index < -0.39 is 5.54 Å². The van der Waals surface area contributed by atoms with Crippen molar-refractivity contribution in [2.75, 3.05) is 12.3 Å². The minimum Gasteiger partial charge on any atom is -0.340 e. The Kier molecular flexibility index (Phi) is 3.38. The van der Waals surface area contributed by atoms with Gasteiger partial charge >= 0.3 is 0 Å². The van der Waals surface area contributed by atoms with Gasteiger partial charge in [-0.05, 0) is 46.3 Å². The Hall–Kier alpha value is -0.710. The van der Waals surface area contributed by atoms with E-state index in [9.17, 15) is 9.59 Å². The van der Waals surface area contributed by atoms with Gasteiger partial charge in [-0.1, -0.05) is 0 Å². The molecule has 0 bridgehead atoms. The number of nitrogens with one attached hydrogen (secondary N) is 1. The molecular weight excluding hydrogens is 248 g/mol. The number of hydrogen-bond donors (Lipinski definition) is 1. The SMILES string of the molecule is CC1C(=O)NC(C)(C)C(=O)N1CC1(C)CCCS1. The lowest BCUT2D eigenvalue weighted by Crippen LogP contribution is -2.68. The highest BCUT2D eigenvalue weighted by Gasteiger charge is 2.46. The van der Waals surface area contributed by atoms with Crippen LogP contribution in [0.2, 0.25) is 0 Å². The number of rotatable bonds is 2. The summed E-state index contributed by atoms with van der Waals surface area (Å²) >= 11 is 1.92. The molecule has 0 aromatic heterocycles. The van der Waals surface area contributed by atoms with Crippen molar-refractivity contribution in [1.82, 2.24) is 10.2 Å². The zero-order valence-electron chi connectivity index (χ0n) is 11.6. The molecule has 18 heavy (non-hydrogen) atoms. The zero-order chi connectivity index (χ0) is 13.6. The zero-order valence-corrected chi connectivity index (χ0v) is 12.4. The molecule has 0 aromatic carbocycles. The van der Waals surface area contributed by atoms with E-state index in [1.165, 1.54) is 6.42 Å². The lowest BCUT2D eigenvalue weighted by atomic mass is 9.95. The lowest BCUT2D eigenvalue weighted by Gasteiger charge is -2.44. The lowest BCUT2D eigenvalue weighted by molar-refractivity contribution is -0.153. The molecule has 2 unspecified atom stereocenters. The minimum atomic E-state index is -0.775. The quantitative estimate of drug-likeness (QED) is 0.825. The predicted octanol–water partition coefficient (Wildman–Crippen LogP) is 1.40. The Morgan fingerprint density at radius 3 is 2.61 bits per heavy atom. The van der Waals surface area contributed by atoms with Crippen LogP contribution in [0.3, 0.4) is 0 Å². The van der Waals surface area contributed by atoms with Crippen molar-refractivity contribution in [2.45, 2.75) is 56.9 Å². The van der Waals surface area contributed by atoms with Crippen LogP contribution in [-0.2, 0) is 9.59 Å². The van der Waals surface area contributed by atoms with Gasteiger partial charge in [0.2, 0.25) is 11.8 Å². The molecule has 2 aliphatic rings. The molecule has 2 heterocycles. The van der Waals surface area contributed by atoms with Crippen LogP contribution < -0.4 is 5.32 Å². The summed E-state index contributed by atoms with van der Waals surface area (Å²) in [7, 11) is 0. The summed E-state index contributed by atoms with van der Waals surface area (Å²) in [6.07, 6.45) is 2.32. The maximum atomic E-state index is 12.4. The number of thioether (sulfide) groups is 1. The molecule has 102 valence electrons. The maximum Gasteiger partial charge on any atom is 0.248 e. The standard InChI is InChI=1S/C13H22N2O2S/c1-9-10(16)14-12(2,3)11(17)15(9)8-13(4)6-5-7-18-13/h9H,5-8H2,1-4H3,(H,14,16). The van der Waals surface area contributed by atoms with Gasteiger partial charge in [-0.3, -0.25) is 9.59 Å². The molecule has 1 N–H and O–H groups in total. The fraction of sp³-hybridized carbons (Fsp3) is 0.846. The van der Waals surface area contributed by atoms with Crippen LogP contribution in [0.25, 0.3) is 0 Å². The van der Waals surface area contributed by atoms with Gasteiger partial charge in [0.25, 0.3) is 0 Å². The molecule has 0 radical (unpaired) electrons. The van der Waals surface area contributed by atoms with E-state index >= 15 is 0 Å². The van der Waals surface area contributed by atoms with Crippen LogP contribution in [-0.4, -0.2) is 45.3 Å². The summed E-state index contributed by atoms with van der Waals surface area (Å²) < 4.78 is 0.109. The number of piperazine rings is 1. The molecule has 0 aromatic rings. The third-order valence-corrected chi connectivity index (χ3v) is 5.41. The Labute approximate surface area is 113 Å². The normalized spacial score (nSPS) is 35.8. The molecule has 2 rings (SSSR count). The van der Waals surface area contributed by atoms with Gasteiger partial charge in [0.15, 0.2) is 0 Å². The van der Waals surface area contributed by atoms with E-state index in [0.717, 1.165) is 12.2 Å². The summed E-state index contributed by atoms with van der Waals surface area (Å²) in [6.45, 7) is 8.23. The first-order valence-corrected chi connectivity index (χ1v) is 7.51. The highest BCUT2D eigenvalue weighted by molar-refractivity contribution is 8.00. The van der Waals surface area contributed by atoms with Crippen LogP contribution in [0.15, 0.2) is 0 Å². The van der Waals surface area contributed by atoms with Crippen molar-refractivity contribution in [3.05, 3.63) is 0 Å². The highest BCUT2D eigenvalue weighted by atomic mass is 32.2. The van der Waals surface area contributed by atoms with E-state index in [1.807, 2.05) is 18.7 Å². The van der Waals surface area contributed by atoms with Gasteiger partial charge < -0.3 is 10.2 Å². The highest BCUT2D eigenvalue weighted by Crippen LogP contribution is 2.39. The fourth-order valence-electron chi connectivity index (χ4n) is 2.67. The molecule has 2 amide bonds. The van der Waals surface area contributed by atoms with Crippen molar-refractivity contribution < 1.29 is 9.59 Å². The number of amides is 2. The third-order valence-electron chi connectivity index (χ3n) is 3.88. The average Bonchev–Trinajstić information content (AvgIpc) is 2.69. The van der Waals surface area contributed by atoms with Crippen LogP contribution in [0.4, 0.5) is 0 Å². The van der Waals surface area contributed by atoms with E-state index in [-0.39, 0.29) is 22.6 Å². The van der Waals surface area contributed by atoms with Crippen LogP contribution in [0.5, 0.6) is 0 Å². The van der Waals surface area contributed by atoms with E-state index in [4.69, 9.17) is 0 Å². The van der Waals surface area contributed by atoms with E-state index in [1.54, 1.807) is 18.7 Å². The van der Waals surface area contributed by atoms with Crippen molar-refractivity contribution in [3.63, 3.8) is 0 Å². The molecule has 0 saturated carbocycles. The maximum absolute atomic E-state index is 12.4. The van der Waals surface area contributed by atoms with Gasteiger partial charge in [0.05, 0.1) is 0 Å². The van der Waals surface area contributed by atoms with Crippen LogP contribution in [0, 0.1) is 0 Å². The second kappa shape index (κ2) is 4.44. The number of carbonyl (C=O) groups is 2. The molecule has 2 atom stereocenters. The summed E-state index contributed by atoms with van der Waals surface area (Å²) in [5, 5.41) is 2.79. The number of nitrogens with zero attached hydrogens (tertiary/aromatic N) is 1. The summed E-state index contributed by atoms with van der Waals surface area (Å²) in [5.74, 6) is 1.14. The first kappa shape index (κ1) is 13.7. The van der Waals surface area contributed by atoms with Crippen LogP contribution >= 0.6 is 11.8 Å². The summed E-state index contributed by atoms with van der Waals surface area (Å²) in [6, 6.07) is -0.358. The van der Waals surface area contributed by atoms with Gasteiger partial charge in [0, 0.05) is 11.3 Å². The Morgan fingerprint density at radius 1 is 1.39 bits per heavy atom. The monoisotopic (exact) mass is 270 g/mol. The second-order valence-electron chi connectivity index (χ2n) is 6.13. The first-order valence-electron chi connectivity index (χ1n) is 6.52. The number of hydrogen-bond acceptors (Lipinski definition) is 3. The minimum absolute atomic E-state index is 0.0309. The average molecular weight is 270 g/mol. The molecule has 2 saturated heterocycles. The fourth-order valence-corrected chi connectivity index (χ4v) is 3.97. The molecule has 4 nitrogen and oxygen atoms in total. The van der Waals surface area contributed by atoms with Gasteiger partial charge in [-0.25, -0.2) is 0 Å². The van der Waals surface area contributed by atoms with Crippen molar-refractivity contribution in [3.8, 4) is 0 Å². The van der Waals surface area contributed by atoms with Crippen molar-refractivity contribution >= 4 is 23.6 Å². The number of carbonyl (C=O) groups excluding carboxylic acids is 2. The molecule has 2 aliphatic heterocycles. The van der Waals surface area contributed by atoms with Crippen molar-refractivity contribution in [2.24, 2.45) is 0 Å². The smallest absolute Gasteiger partial charge is 0.248 e. The summed E-state index contributed by atoms with van der Waals surface area (Å²) in [4.78, 5) is 26.1. The molecule has 0 aliphatic carbocycles. The first-order chi connectivity index (χ1) is 8.25. The van der Waals surface area contributed by atoms with Gasteiger partial charge in [-0.2, -0.15) is 11.8 Å². The second-order valence-corrected chi connectivity index (χ2v) is 7.81. The largest absolute Gasteiger partial charge is 0.340 e. The van der Waals surface area contributed by atoms with Gasteiger partial charge in [0.1, 0.15) is 11.6 Å². The predicted molar refractivity (Wildman–Crippen MR) is 73.5 cm³/mol. The Morgan fingerprint density at radius 2 is 2.06 bits per heavy atom. The molecular formula is C13H22N2O2S. The van der Waals surface area contributed by atoms with Crippen molar-refractivity contribution in [1.29, 1.82) is 0 Å². The molecule has 2 fully saturated rings. The topological polar surface area (TPSA) is 49.4 Å². The van der Waals surface area contributed by atoms with Crippen LogP contribution in [0.1, 0.15) is 40.5 Å². The molecule has 5 heteroatoms. The Balaban J connectivity index is 2.18. The van der Waals surface area contributed by atoms with E-state index in [0.29, 0.717) is 6.54 Å². The third kappa shape index (κ3) is 2.37. The van der Waals surface area contributed by atoms with Gasteiger partial charge in [-0.15, -0.1) is 0 Å². The molecule has 0 spiro atoms. The Bertz CT molecular complexity index is 375. The van der Waals surface area contributed by atoms with E-state index in [2.05, 4.69) is 12.2 Å².